The highest BCUT2D eigenvalue weighted by molar-refractivity contribution is 5.73. The first-order chi connectivity index (χ1) is 12.6. The normalized spacial score (nSPS) is 50.2. The molecule has 2 aliphatic rings. The van der Waals surface area contributed by atoms with Crippen LogP contribution in [0.3, 0.4) is 0 Å². The van der Waals surface area contributed by atoms with E-state index in [0.717, 1.165) is 0 Å². The number of aliphatic hydroxyl groups excluding tert-OH is 7. The molecule has 0 aromatic rings. The summed E-state index contributed by atoms with van der Waals surface area (Å²) in [6, 6.07) is -1.84. The Morgan fingerprint density at radius 1 is 1.00 bits per heavy atom. The lowest BCUT2D eigenvalue weighted by Crippen LogP contribution is -2.78. The van der Waals surface area contributed by atoms with Crippen molar-refractivity contribution < 1.29 is 56.5 Å². The van der Waals surface area contributed by atoms with E-state index in [1.165, 1.54) is 0 Å². The van der Waals surface area contributed by atoms with Crippen molar-refractivity contribution in [3.05, 3.63) is 0 Å². The van der Waals surface area contributed by atoms with Crippen LogP contribution in [-0.4, -0.2) is 121 Å². The number of rotatable bonds is 4. The van der Waals surface area contributed by atoms with Crippen LogP contribution >= 0.6 is 0 Å². The van der Waals surface area contributed by atoms with E-state index < -0.39 is 86.7 Å². The number of aliphatic hydroxyl groups is 8. The van der Waals surface area contributed by atoms with Gasteiger partial charge in [0.05, 0.1) is 13.2 Å². The van der Waals surface area contributed by atoms with Gasteiger partial charge in [0.15, 0.2) is 0 Å². The molecule has 2 fully saturated rings. The Bertz CT molecular complexity index is 525. The van der Waals surface area contributed by atoms with Crippen molar-refractivity contribution in [1.82, 2.24) is 5.32 Å². The zero-order chi connectivity index (χ0) is 20.5. The highest BCUT2D eigenvalue weighted by atomic mass is 16.7. The van der Waals surface area contributed by atoms with Crippen molar-refractivity contribution in [2.24, 2.45) is 0 Å². The van der Waals surface area contributed by atoms with Gasteiger partial charge in [-0.15, -0.1) is 0 Å². The van der Waals surface area contributed by atoms with Gasteiger partial charge in [-0.1, -0.05) is 0 Å². The summed E-state index contributed by atoms with van der Waals surface area (Å²) in [5.41, 5.74) is 0. The number of amides is 1. The molecule has 0 aromatic heterocycles. The molecule has 2 aliphatic heterocycles. The summed E-state index contributed by atoms with van der Waals surface area (Å²) >= 11 is 0. The Morgan fingerprint density at radius 3 is 2.12 bits per heavy atom. The largest absolute Gasteiger partial charge is 0.394 e. The molecule has 152 valence electrons. The van der Waals surface area contributed by atoms with E-state index in [-0.39, 0.29) is 0 Å². The van der Waals surface area contributed by atoms with E-state index in [2.05, 4.69) is 5.32 Å². The molecule has 0 spiro atoms. The molecule has 1 amide bonds. The molecule has 0 aromatic carbocycles. The molecule has 2 heterocycles. The molecule has 26 heavy (non-hydrogen) atoms. The fourth-order valence-electron chi connectivity index (χ4n) is 3.24. The second-order valence-electron chi connectivity index (χ2n) is 6.37. The third-order valence-corrected chi connectivity index (χ3v) is 4.65. The number of carbonyl (C=O) groups is 1. The van der Waals surface area contributed by atoms with Crippen LogP contribution in [0.5, 0.6) is 0 Å². The van der Waals surface area contributed by atoms with Gasteiger partial charge in [0.25, 0.3) is 0 Å². The molecule has 0 aliphatic carbocycles. The first kappa shape index (κ1) is 19.8. The van der Waals surface area contributed by atoms with Crippen LogP contribution in [0, 0.1) is 0 Å². The maximum atomic E-state index is 11.6. The fourth-order valence-corrected chi connectivity index (χ4v) is 3.24. The van der Waals surface area contributed by atoms with Gasteiger partial charge in [-0.3, -0.25) is 4.79 Å². The summed E-state index contributed by atoms with van der Waals surface area (Å²) in [6.45, 7) is -2.47. The van der Waals surface area contributed by atoms with Gasteiger partial charge in [0, 0.05) is 8.27 Å². The topological polar surface area (TPSA) is 209 Å². The highest BCUT2D eigenvalue weighted by Gasteiger charge is 2.62. The second-order valence-corrected chi connectivity index (χ2v) is 6.37. The Balaban J connectivity index is 2.43. The van der Waals surface area contributed by atoms with E-state index in [0.29, 0.717) is 0 Å². The van der Waals surface area contributed by atoms with E-state index >= 15 is 0 Å². The molecular weight excluding hydrogens is 358 g/mol. The van der Waals surface area contributed by atoms with Crippen molar-refractivity contribution in [1.29, 1.82) is 0 Å². The van der Waals surface area contributed by atoms with Gasteiger partial charge in [0.2, 0.25) is 11.7 Å². The number of nitrogens with one attached hydrogen (secondary N) is 1. The minimum atomic E-state index is -2.80. The molecule has 9 N–H and O–H groups in total. The number of carbonyl (C=O) groups excluding carboxylic acids is 1. The smallest absolute Gasteiger partial charge is 0.219 e. The van der Waals surface area contributed by atoms with Gasteiger partial charge < -0.3 is 55.6 Å². The molecular formula is C14H25NO11. The molecule has 2 rings (SSSR count). The number of ether oxygens (including phenoxy) is 2. The third kappa shape index (κ3) is 3.57. The molecule has 0 saturated carbocycles. The Morgan fingerprint density at radius 2 is 1.58 bits per heavy atom. The summed E-state index contributed by atoms with van der Waals surface area (Å²) in [5, 5.41) is 82.1. The van der Waals surface area contributed by atoms with Crippen molar-refractivity contribution in [2.45, 2.75) is 67.6 Å². The summed E-state index contributed by atoms with van der Waals surface area (Å²) in [6.07, 6.45) is -14.2. The standard InChI is InChI=1S/C14H25NO11/c1-4(18)15-12-10(22)8(20)6(3-17)26-14(12,24)13-11(23)9(21)7(19)5(2-16)25-13/h5-13,16-17,19-24H,2-3H2,1H3,(H,15,18)/t5-,6-,7+,8+,9+,10+,11-,12-,13-,14?/m1/s1/i1D. The second kappa shape index (κ2) is 7.98. The van der Waals surface area contributed by atoms with Crippen molar-refractivity contribution in [3.63, 3.8) is 0 Å². The molecule has 1 unspecified atom stereocenters. The lowest BCUT2D eigenvalue weighted by molar-refractivity contribution is -0.385. The van der Waals surface area contributed by atoms with Crippen LogP contribution in [0.15, 0.2) is 0 Å². The predicted octanol–water partition coefficient (Wildman–Crippen LogP) is -5.86. The quantitative estimate of drug-likeness (QED) is 0.223. The lowest BCUT2D eigenvalue weighted by Gasteiger charge is -2.54. The summed E-state index contributed by atoms with van der Waals surface area (Å²) in [4.78, 5) is 11.6. The van der Waals surface area contributed by atoms with E-state index in [4.69, 9.17) is 10.8 Å². The van der Waals surface area contributed by atoms with Crippen molar-refractivity contribution in [2.75, 3.05) is 13.2 Å². The van der Waals surface area contributed by atoms with E-state index in [1.807, 2.05) is 0 Å². The molecule has 12 heteroatoms. The van der Waals surface area contributed by atoms with Gasteiger partial charge in [-0.2, -0.15) is 0 Å². The Labute approximate surface area is 149 Å². The van der Waals surface area contributed by atoms with Crippen LogP contribution in [0.1, 0.15) is 8.27 Å². The van der Waals surface area contributed by atoms with Gasteiger partial charge in [0.1, 0.15) is 54.9 Å². The zero-order valence-corrected chi connectivity index (χ0v) is 13.6. The van der Waals surface area contributed by atoms with Crippen LogP contribution < -0.4 is 5.32 Å². The van der Waals surface area contributed by atoms with Gasteiger partial charge >= 0.3 is 0 Å². The summed E-state index contributed by atoms with van der Waals surface area (Å²) < 4.78 is 17.5. The van der Waals surface area contributed by atoms with Crippen molar-refractivity contribution in [3.8, 4) is 0 Å². The number of hydrogen-bond donors (Lipinski definition) is 9. The van der Waals surface area contributed by atoms with Crippen LogP contribution in [0.2, 0.25) is 0 Å². The zero-order valence-electron chi connectivity index (χ0n) is 14.6. The average molecular weight is 384 g/mol. The van der Waals surface area contributed by atoms with Crippen molar-refractivity contribution >= 4 is 5.91 Å². The van der Waals surface area contributed by atoms with Crippen LogP contribution in [-0.2, 0) is 14.3 Å². The van der Waals surface area contributed by atoms with Crippen LogP contribution in [0.25, 0.3) is 0 Å². The molecule has 2 saturated heterocycles. The summed E-state index contributed by atoms with van der Waals surface area (Å²) in [5.74, 6) is -3.77. The first-order valence-corrected chi connectivity index (χ1v) is 7.88. The Kier molecular flexibility index (Phi) is 6.08. The average Bonchev–Trinajstić information content (AvgIpc) is 2.66. The minimum absolute atomic E-state index is 0.798. The van der Waals surface area contributed by atoms with Gasteiger partial charge in [-0.25, -0.2) is 0 Å². The van der Waals surface area contributed by atoms with E-state index in [1.54, 1.807) is 0 Å². The molecule has 0 bridgehead atoms. The maximum absolute atomic E-state index is 11.6. The van der Waals surface area contributed by atoms with Gasteiger partial charge in [-0.05, 0) is 0 Å². The van der Waals surface area contributed by atoms with Crippen LogP contribution in [0.4, 0.5) is 0 Å². The number of hydrogen-bond acceptors (Lipinski definition) is 11. The summed E-state index contributed by atoms with van der Waals surface area (Å²) in [7, 11) is 0. The molecule has 0 radical (unpaired) electrons. The lowest BCUT2D eigenvalue weighted by atomic mass is 9.81. The molecule has 12 nitrogen and oxygen atoms in total. The Hall–Kier alpha value is -0.930. The SMILES string of the molecule is [2H]CC(=O)N[C@@H]1[C@@H](O)[C@@H](O)[C@@H](CO)OC1(O)[C@@H]1O[C@H](CO)[C@H](O)[C@H](O)[C@H]1O. The highest BCUT2D eigenvalue weighted by Crippen LogP contribution is 2.37. The maximum Gasteiger partial charge on any atom is 0.219 e. The predicted molar refractivity (Wildman–Crippen MR) is 80.3 cm³/mol. The fraction of sp³-hybridized carbons (Fsp3) is 0.929. The third-order valence-electron chi connectivity index (χ3n) is 4.65. The first-order valence-electron chi connectivity index (χ1n) is 8.59. The minimum Gasteiger partial charge on any atom is -0.394 e. The molecule has 10 atom stereocenters. The monoisotopic (exact) mass is 384 g/mol. The van der Waals surface area contributed by atoms with E-state index in [9.17, 15) is 45.6 Å².